The number of nitrogens with zero attached hydrogens (tertiary/aromatic N) is 2. The predicted octanol–water partition coefficient (Wildman–Crippen LogP) is 3.09. The summed E-state index contributed by atoms with van der Waals surface area (Å²) in [5.74, 6) is -0.373. The molecule has 1 aliphatic heterocycles. The maximum Gasteiger partial charge on any atom is 0.271 e. The van der Waals surface area contributed by atoms with Gasteiger partial charge in [0.25, 0.3) is 11.6 Å². The largest absolute Gasteiger partial charge is 0.322 e. The van der Waals surface area contributed by atoms with Crippen LogP contribution in [0.4, 0.5) is 17.1 Å². The molecule has 1 heterocycles. The molecule has 142 valence electrons. The van der Waals surface area contributed by atoms with Gasteiger partial charge in [0, 0.05) is 29.9 Å². The van der Waals surface area contributed by atoms with Gasteiger partial charge >= 0.3 is 0 Å². The molecular formula is C18H19N3O5S. The van der Waals surface area contributed by atoms with E-state index in [9.17, 15) is 23.3 Å². The number of nitro groups is 1. The van der Waals surface area contributed by atoms with Crippen molar-refractivity contribution in [2.75, 3.05) is 21.9 Å². The molecule has 1 amide bonds. The van der Waals surface area contributed by atoms with Gasteiger partial charge in [-0.15, -0.1) is 0 Å². The number of rotatable bonds is 4. The van der Waals surface area contributed by atoms with Crippen LogP contribution in [0.5, 0.6) is 0 Å². The van der Waals surface area contributed by atoms with Gasteiger partial charge in [-0.05, 0) is 43.5 Å². The third-order valence-corrected chi connectivity index (χ3v) is 6.26. The van der Waals surface area contributed by atoms with Crippen molar-refractivity contribution in [2.45, 2.75) is 19.8 Å². The fraction of sp³-hybridized carbons (Fsp3) is 0.278. The van der Waals surface area contributed by atoms with Gasteiger partial charge in [-0.1, -0.05) is 12.1 Å². The van der Waals surface area contributed by atoms with E-state index in [1.165, 1.54) is 22.5 Å². The second-order valence-corrected chi connectivity index (χ2v) is 8.37. The zero-order chi connectivity index (χ0) is 19.6. The van der Waals surface area contributed by atoms with Crippen molar-refractivity contribution < 1.29 is 18.1 Å². The van der Waals surface area contributed by atoms with E-state index in [4.69, 9.17) is 0 Å². The monoisotopic (exact) mass is 389 g/mol. The SMILES string of the molecule is Cc1ccc(C(=O)Nc2cccc([N+](=O)[O-])c2)cc1N1CCCCS1(=O)=O. The van der Waals surface area contributed by atoms with Gasteiger partial charge in [0.2, 0.25) is 10.0 Å². The second-order valence-electron chi connectivity index (χ2n) is 6.36. The van der Waals surface area contributed by atoms with Gasteiger partial charge in [-0.25, -0.2) is 8.42 Å². The summed E-state index contributed by atoms with van der Waals surface area (Å²) in [6.45, 7) is 2.18. The summed E-state index contributed by atoms with van der Waals surface area (Å²) in [7, 11) is -3.39. The molecule has 0 atom stereocenters. The normalized spacial score (nSPS) is 16.0. The van der Waals surface area contributed by atoms with E-state index in [-0.39, 0.29) is 17.0 Å². The third-order valence-electron chi connectivity index (χ3n) is 4.40. The zero-order valence-corrected chi connectivity index (χ0v) is 15.5. The molecule has 1 fully saturated rings. The Morgan fingerprint density at radius 2 is 1.96 bits per heavy atom. The first-order valence-electron chi connectivity index (χ1n) is 8.45. The summed E-state index contributed by atoms with van der Waals surface area (Å²) in [6, 6.07) is 10.5. The van der Waals surface area contributed by atoms with Crippen molar-refractivity contribution in [3.8, 4) is 0 Å². The summed E-state index contributed by atoms with van der Waals surface area (Å²) >= 11 is 0. The Balaban J connectivity index is 1.88. The molecule has 1 saturated heterocycles. The molecule has 2 aromatic carbocycles. The fourth-order valence-electron chi connectivity index (χ4n) is 2.98. The van der Waals surface area contributed by atoms with Crippen LogP contribution in [-0.2, 0) is 10.0 Å². The van der Waals surface area contributed by atoms with E-state index in [0.717, 1.165) is 12.0 Å². The van der Waals surface area contributed by atoms with Crippen molar-refractivity contribution in [3.05, 3.63) is 63.7 Å². The predicted molar refractivity (Wildman–Crippen MR) is 103 cm³/mol. The lowest BCUT2D eigenvalue weighted by Gasteiger charge is -2.29. The van der Waals surface area contributed by atoms with E-state index >= 15 is 0 Å². The summed E-state index contributed by atoms with van der Waals surface area (Å²) in [5, 5.41) is 13.5. The molecule has 0 radical (unpaired) electrons. The number of sulfonamides is 1. The van der Waals surface area contributed by atoms with E-state index in [0.29, 0.717) is 24.3 Å². The van der Waals surface area contributed by atoms with Gasteiger partial charge in [0.15, 0.2) is 0 Å². The van der Waals surface area contributed by atoms with Crippen LogP contribution in [0.2, 0.25) is 0 Å². The van der Waals surface area contributed by atoms with Crippen LogP contribution in [0.3, 0.4) is 0 Å². The van der Waals surface area contributed by atoms with Crippen LogP contribution in [0, 0.1) is 17.0 Å². The Morgan fingerprint density at radius 1 is 1.19 bits per heavy atom. The van der Waals surface area contributed by atoms with Crippen LogP contribution in [0.1, 0.15) is 28.8 Å². The summed E-state index contributed by atoms with van der Waals surface area (Å²) in [4.78, 5) is 22.9. The molecule has 8 nitrogen and oxygen atoms in total. The highest BCUT2D eigenvalue weighted by atomic mass is 32.2. The van der Waals surface area contributed by atoms with Crippen molar-refractivity contribution in [1.82, 2.24) is 0 Å². The average Bonchev–Trinajstić information content (AvgIpc) is 2.62. The van der Waals surface area contributed by atoms with Gasteiger partial charge in [-0.2, -0.15) is 0 Å². The first-order chi connectivity index (χ1) is 12.8. The molecule has 1 N–H and O–H groups in total. The highest BCUT2D eigenvalue weighted by Gasteiger charge is 2.27. The van der Waals surface area contributed by atoms with Gasteiger partial charge in [-0.3, -0.25) is 19.2 Å². The molecule has 0 aromatic heterocycles. The van der Waals surface area contributed by atoms with E-state index < -0.39 is 20.9 Å². The van der Waals surface area contributed by atoms with Crippen LogP contribution in [-0.4, -0.2) is 31.5 Å². The lowest BCUT2D eigenvalue weighted by molar-refractivity contribution is -0.384. The number of amides is 1. The molecular weight excluding hydrogens is 370 g/mol. The quantitative estimate of drug-likeness (QED) is 0.638. The van der Waals surface area contributed by atoms with Crippen molar-refractivity contribution in [3.63, 3.8) is 0 Å². The lowest BCUT2D eigenvalue weighted by Crippen LogP contribution is -2.38. The van der Waals surface area contributed by atoms with Gasteiger partial charge < -0.3 is 5.32 Å². The Morgan fingerprint density at radius 3 is 2.67 bits per heavy atom. The molecule has 0 aliphatic carbocycles. The van der Waals surface area contributed by atoms with Crippen LogP contribution in [0.15, 0.2) is 42.5 Å². The van der Waals surface area contributed by atoms with E-state index in [1.807, 2.05) is 0 Å². The summed E-state index contributed by atoms with van der Waals surface area (Å²) in [5.41, 5.74) is 1.69. The van der Waals surface area contributed by atoms with Gasteiger partial charge in [0.05, 0.1) is 16.4 Å². The number of nitrogens with one attached hydrogen (secondary N) is 1. The zero-order valence-electron chi connectivity index (χ0n) is 14.7. The number of carbonyl (C=O) groups excluding carboxylic acids is 1. The first-order valence-corrected chi connectivity index (χ1v) is 10.1. The number of anilines is 2. The molecule has 27 heavy (non-hydrogen) atoms. The number of aryl methyl sites for hydroxylation is 1. The smallest absolute Gasteiger partial charge is 0.271 e. The molecule has 0 bridgehead atoms. The minimum atomic E-state index is -3.39. The van der Waals surface area contributed by atoms with Gasteiger partial charge in [0.1, 0.15) is 0 Å². The molecule has 0 unspecified atom stereocenters. The number of nitro benzene ring substituents is 1. The van der Waals surface area contributed by atoms with E-state index in [1.54, 1.807) is 31.2 Å². The number of benzene rings is 2. The number of hydrogen-bond donors (Lipinski definition) is 1. The van der Waals surface area contributed by atoms with Crippen LogP contribution in [0.25, 0.3) is 0 Å². The minimum Gasteiger partial charge on any atom is -0.322 e. The van der Waals surface area contributed by atoms with Crippen molar-refractivity contribution in [2.24, 2.45) is 0 Å². The Labute approximate surface area is 157 Å². The van der Waals surface area contributed by atoms with Crippen LogP contribution < -0.4 is 9.62 Å². The van der Waals surface area contributed by atoms with Crippen molar-refractivity contribution >= 4 is 33.0 Å². The fourth-order valence-corrected chi connectivity index (χ4v) is 4.67. The number of hydrogen-bond acceptors (Lipinski definition) is 5. The second kappa shape index (κ2) is 7.36. The minimum absolute atomic E-state index is 0.0938. The highest BCUT2D eigenvalue weighted by molar-refractivity contribution is 7.92. The molecule has 0 spiro atoms. The topological polar surface area (TPSA) is 110 Å². The molecule has 3 rings (SSSR count). The van der Waals surface area contributed by atoms with Crippen molar-refractivity contribution in [1.29, 1.82) is 0 Å². The Bertz CT molecular complexity index is 1000. The maximum absolute atomic E-state index is 12.6. The Kier molecular flexibility index (Phi) is 5.13. The molecule has 9 heteroatoms. The summed E-state index contributed by atoms with van der Waals surface area (Å²) in [6.07, 6.45) is 1.40. The molecule has 1 aliphatic rings. The lowest BCUT2D eigenvalue weighted by atomic mass is 10.1. The van der Waals surface area contributed by atoms with E-state index in [2.05, 4.69) is 5.32 Å². The summed E-state index contributed by atoms with van der Waals surface area (Å²) < 4.78 is 26.1. The molecule has 2 aromatic rings. The molecule has 0 saturated carbocycles. The maximum atomic E-state index is 12.6. The third kappa shape index (κ3) is 4.08. The highest BCUT2D eigenvalue weighted by Crippen LogP contribution is 2.28. The number of carbonyl (C=O) groups is 1. The van der Waals surface area contributed by atoms with Crippen LogP contribution >= 0.6 is 0 Å². The first kappa shape index (κ1) is 18.8. The standard InChI is InChI=1S/C18H19N3O5S/c1-13-7-8-14(11-17(13)20-9-2-3-10-27(20,25)26)18(22)19-15-5-4-6-16(12-15)21(23)24/h4-8,11-12H,2-3,9-10H2,1H3,(H,19,22). The number of non-ortho nitro benzene ring substituents is 1. The average molecular weight is 389 g/mol. The Hall–Kier alpha value is -2.94.